The quantitative estimate of drug-likeness (QED) is 0.0259. The van der Waals surface area contributed by atoms with Crippen LogP contribution in [0.25, 0.3) is 0 Å². The molecule has 2 unspecified atom stereocenters. The molecule has 0 saturated heterocycles. The van der Waals surface area contributed by atoms with Crippen molar-refractivity contribution < 1.29 is 38.2 Å². The average molecular weight is 973 g/mol. The number of carbonyl (C=O) groups is 3. The predicted molar refractivity (Wildman–Crippen MR) is 291 cm³/mol. The van der Waals surface area contributed by atoms with Crippen molar-refractivity contribution in [2.45, 2.75) is 296 Å². The van der Waals surface area contributed by atoms with Crippen LogP contribution in [0.5, 0.6) is 0 Å². The highest BCUT2D eigenvalue weighted by Crippen LogP contribution is 2.16. The summed E-state index contributed by atoms with van der Waals surface area (Å²) in [5.74, 6) is -1.73. The Balaban J connectivity index is 4.17. The number of aliphatic carboxylic acids is 1. The van der Waals surface area contributed by atoms with Gasteiger partial charge >= 0.3 is 11.9 Å². The first kappa shape index (κ1) is 66.6. The van der Waals surface area contributed by atoms with E-state index in [1.54, 1.807) is 0 Å². The molecule has 2 atom stereocenters. The Hall–Kier alpha value is -2.45. The number of allylic oxidation sites excluding steroid dienone is 6. The summed E-state index contributed by atoms with van der Waals surface area (Å²) >= 11 is 0. The molecule has 0 aliphatic carbocycles. The molecule has 0 bridgehead atoms. The third-order valence-electron chi connectivity index (χ3n) is 13.5. The number of ether oxygens (including phenoxy) is 3. The van der Waals surface area contributed by atoms with Crippen LogP contribution in [0, 0.1) is 0 Å². The van der Waals surface area contributed by atoms with E-state index in [1.165, 1.54) is 199 Å². The average Bonchev–Trinajstić information content (AvgIpc) is 3.31. The van der Waals surface area contributed by atoms with Gasteiger partial charge in [-0.1, -0.05) is 230 Å². The normalized spacial score (nSPS) is 13.0. The van der Waals surface area contributed by atoms with Crippen LogP contribution in [0.2, 0.25) is 0 Å². The van der Waals surface area contributed by atoms with Gasteiger partial charge in [0.2, 0.25) is 0 Å². The molecule has 0 saturated carbocycles. The maximum Gasteiger partial charge on any atom is 0.306 e. The topological polar surface area (TPSA) is 102 Å². The van der Waals surface area contributed by atoms with Gasteiger partial charge in [0.1, 0.15) is 12.6 Å². The molecule has 0 rings (SSSR count). The largest absolute Gasteiger partial charge is 0.544 e. The third-order valence-corrected chi connectivity index (χ3v) is 13.5. The molecule has 0 aliphatic rings. The van der Waals surface area contributed by atoms with Gasteiger partial charge in [0, 0.05) is 19.3 Å². The number of rotatable bonds is 54. The summed E-state index contributed by atoms with van der Waals surface area (Å²) in [6.45, 7) is 4.70. The number of esters is 2. The highest BCUT2D eigenvalue weighted by Gasteiger charge is 2.25. The zero-order valence-corrected chi connectivity index (χ0v) is 46.2. The molecule has 0 amide bonds. The van der Waals surface area contributed by atoms with Crippen molar-refractivity contribution in [2.75, 3.05) is 41.0 Å². The highest BCUT2D eigenvalue weighted by atomic mass is 16.6. The molecule has 0 aromatic heterocycles. The van der Waals surface area contributed by atoms with Crippen molar-refractivity contribution in [1.82, 2.24) is 0 Å². The fraction of sp³-hybridized carbons (Fsp3) is 0.852. The number of hydrogen-bond donors (Lipinski definition) is 0. The summed E-state index contributed by atoms with van der Waals surface area (Å²) < 4.78 is 17.3. The molecule has 0 aromatic rings. The van der Waals surface area contributed by atoms with E-state index in [0.29, 0.717) is 12.8 Å². The van der Waals surface area contributed by atoms with Crippen molar-refractivity contribution in [1.29, 1.82) is 0 Å². The number of nitrogens with zero attached hydrogens (tertiary/aromatic N) is 1. The Morgan fingerprint density at radius 1 is 0.435 bits per heavy atom. The van der Waals surface area contributed by atoms with Crippen molar-refractivity contribution >= 4 is 17.9 Å². The van der Waals surface area contributed by atoms with Crippen LogP contribution in [-0.4, -0.2) is 75.5 Å². The van der Waals surface area contributed by atoms with Crippen molar-refractivity contribution in [3.63, 3.8) is 0 Å². The lowest BCUT2D eigenvalue weighted by Crippen LogP contribution is -2.55. The van der Waals surface area contributed by atoms with Crippen LogP contribution in [0.1, 0.15) is 284 Å². The molecule has 0 aliphatic heterocycles. The second kappa shape index (κ2) is 51.9. The number of likely N-dealkylation sites (N-methyl/N-ethyl adjacent to an activating group) is 1. The molecule has 0 fully saturated rings. The molecule has 8 nitrogen and oxygen atoms in total. The zero-order chi connectivity index (χ0) is 50.6. The molecular formula is C61H113NO7. The number of quaternary nitrogens is 1. The van der Waals surface area contributed by atoms with E-state index in [9.17, 15) is 19.5 Å². The third kappa shape index (κ3) is 50.3. The van der Waals surface area contributed by atoms with Crippen LogP contribution in [0.3, 0.4) is 0 Å². The Morgan fingerprint density at radius 2 is 0.768 bits per heavy atom. The van der Waals surface area contributed by atoms with Crippen LogP contribution >= 0.6 is 0 Å². The van der Waals surface area contributed by atoms with Gasteiger partial charge in [-0.3, -0.25) is 9.59 Å². The molecular weight excluding hydrogens is 859 g/mol. The lowest BCUT2D eigenvalue weighted by molar-refractivity contribution is -0.889. The maximum absolute atomic E-state index is 12.8. The highest BCUT2D eigenvalue weighted by molar-refractivity contribution is 5.70. The van der Waals surface area contributed by atoms with Crippen LogP contribution < -0.4 is 5.11 Å². The minimum Gasteiger partial charge on any atom is -0.544 e. The summed E-state index contributed by atoms with van der Waals surface area (Å²) in [6.07, 6.45) is 63.3. The van der Waals surface area contributed by atoms with Crippen LogP contribution in [0.15, 0.2) is 36.5 Å². The van der Waals surface area contributed by atoms with E-state index < -0.39 is 18.1 Å². The number of carbonyl (C=O) groups excluding carboxylic acids is 3. The standard InChI is InChI=1S/C61H113NO7/c1-6-8-10-12-14-16-18-20-22-24-26-28-30-32-33-35-37-39-41-43-45-47-49-51-59(63)68-56-57(55-67-54-53-58(61(65)66)62(3,4)5)69-60(64)52-50-48-46-44-42-40-38-36-34-31-29-27-25-23-21-19-17-15-13-11-9-7-2/h25,27,31-34,57-58H,6-24,26,28-30,35-56H2,1-5H3/b27-25+,33-32+,34-31+. The summed E-state index contributed by atoms with van der Waals surface area (Å²) in [7, 11) is 5.43. The lowest BCUT2D eigenvalue weighted by atomic mass is 10.0. The van der Waals surface area contributed by atoms with E-state index in [-0.39, 0.29) is 42.7 Å². The van der Waals surface area contributed by atoms with E-state index in [2.05, 4.69) is 50.3 Å². The van der Waals surface area contributed by atoms with Crippen molar-refractivity contribution in [2.24, 2.45) is 0 Å². The molecule has 69 heavy (non-hydrogen) atoms. The smallest absolute Gasteiger partial charge is 0.306 e. The first-order valence-corrected chi connectivity index (χ1v) is 29.5. The minimum absolute atomic E-state index is 0.0381. The molecule has 0 spiro atoms. The maximum atomic E-state index is 12.8. The second-order valence-corrected chi connectivity index (χ2v) is 21.2. The van der Waals surface area contributed by atoms with Gasteiger partial charge in [-0.15, -0.1) is 0 Å². The van der Waals surface area contributed by atoms with Gasteiger partial charge in [-0.25, -0.2) is 0 Å². The zero-order valence-electron chi connectivity index (χ0n) is 46.2. The summed E-state index contributed by atoms with van der Waals surface area (Å²) in [4.78, 5) is 37.2. The number of hydrogen-bond acceptors (Lipinski definition) is 7. The molecule has 404 valence electrons. The Bertz CT molecular complexity index is 1220. The molecule has 0 radical (unpaired) electrons. The molecule has 0 N–H and O–H groups in total. The first-order valence-electron chi connectivity index (χ1n) is 29.5. The van der Waals surface area contributed by atoms with Crippen molar-refractivity contribution in [3.05, 3.63) is 36.5 Å². The van der Waals surface area contributed by atoms with Gasteiger partial charge in [-0.05, 0) is 70.6 Å². The Morgan fingerprint density at radius 3 is 1.13 bits per heavy atom. The number of carboxylic acid groups (broad SMARTS) is 1. The first-order chi connectivity index (χ1) is 33.6. The van der Waals surface area contributed by atoms with Gasteiger partial charge in [0.15, 0.2) is 6.10 Å². The van der Waals surface area contributed by atoms with E-state index >= 15 is 0 Å². The van der Waals surface area contributed by atoms with Crippen LogP contribution in [0.4, 0.5) is 0 Å². The monoisotopic (exact) mass is 972 g/mol. The lowest BCUT2D eigenvalue weighted by Gasteiger charge is -2.34. The summed E-state index contributed by atoms with van der Waals surface area (Å²) in [5.41, 5.74) is 0. The SMILES string of the molecule is CCCCCCCCCC/C=C/C/C=C/CCCCCCCCCC(=O)OC(COCCC(C(=O)[O-])[N+](C)(C)C)COC(=O)CCCCCCCCC/C=C/CCCCCCCCCCCCCC. The van der Waals surface area contributed by atoms with E-state index in [1.807, 2.05) is 21.1 Å². The Labute approximate surface area is 427 Å². The number of unbranched alkanes of at least 4 members (excludes halogenated alkanes) is 34. The van der Waals surface area contributed by atoms with Crippen molar-refractivity contribution in [3.8, 4) is 0 Å². The van der Waals surface area contributed by atoms with Crippen LogP contribution in [-0.2, 0) is 28.6 Å². The predicted octanol–water partition coefficient (Wildman–Crippen LogP) is 16.4. The van der Waals surface area contributed by atoms with Gasteiger partial charge in [0.05, 0.1) is 40.3 Å². The Kier molecular flexibility index (Phi) is 50.0. The molecule has 0 aromatic carbocycles. The molecule has 8 heteroatoms. The van der Waals surface area contributed by atoms with Gasteiger partial charge in [0.25, 0.3) is 0 Å². The van der Waals surface area contributed by atoms with Gasteiger partial charge in [-0.2, -0.15) is 0 Å². The summed E-state index contributed by atoms with van der Waals surface area (Å²) in [5, 5.41) is 11.7. The van der Waals surface area contributed by atoms with Gasteiger partial charge < -0.3 is 28.6 Å². The van der Waals surface area contributed by atoms with E-state index in [4.69, 9.17) is 14.2 Å². The fourth-order valence-electron chi connectivity index (χ4n) is 8.92. The minimum atomic E-state index is -1.12. The fourth-order valence-corrected chi connectivity index (χ4v) is 8.92. The number of carboxylic acids is 1. The second-order valence-electron chi connectivity index (χ2n) is 21.2. The molecule has 0 heterocycles. The van der Waals surface area contributed by atoms with E-state index in [0.717, 1.165) is 51.4 Å². The summed E-state index contributed by atoms with van der Waals surface area (Å²) in [6, 6.07) is -0.729.